The van der Waals surface area contributed by atoms with Gasteiger partial charge in [-0.3, -0.25) is 5.41 Å². The van der Waals surface area contributed by atoms with E-state index in [2.05, 4.69) is 0 Å². The molecule has 2 rings (SSSR count). The van der Waals surface area contributed by atoms with E-state index in [9.17, 15) is 4.39 Å². The molecule has 14 heavy (non-hydrogen) atoms. The molecular weight excluding hydrogens is 179 g/mol. The van der Waals surface area contributed by atoms with Crippen LogP contribution in [0.2, 0.25) is 0 Å². The van der Waals surface area contributed by atoms with Gasteiger partial charge in [-0.05, 0) is 24.1 Å². The van der Waals surface area contributed by atoms with Gasteiger partial charge in [0.1, 0.15) is 5.82 Å². The number of halogens is 1. The monoisotopic (exact) mass is 192 g/mol. The maximum Gasteiger partial charge on any atom is 0.123 e. The molecule has 1 fully saturated rings. The van der Waals surface area contributed by atoms with Crippen molar-refractivity contribution in [3.63, 3.8) is 0 Å². The molecule has 0 spiro atoms. The second kappa shape index (κ2) is 3.78. The Bertz CT molecular complexity index is 349. The van der Waals surface area contributed by atoms with Gasteiger partial charge in [0.05, 0.1) is 5.84 Å². The van der Waals surface area contributed by atoms with Crippen molar-refractivity contribution in [2.75, 3.05) is 6.54 Å². The quantitative estimate of drug-likeness (QED) is 0.765. The van der Waals surface area contributed by atoms with Gasteiger partial charge in [-0.2, -0.15) is 0 Å². The molecule has 1 heterocycles. The van der Waals surface area contributed by atoms with E-state index >= 15 is 0 Å². The predicted octanol–water partition coefficient (Wildman–Crippen LogP) is 2.40. The summed E-state index contributed by atoms with van der Waals surface area (Å²) in [6, 6.07) is 6.59. The summed E-state index contributed by atoms with van der Waals surface area (Å²) in [7, 11) is 0. The summed E-state index contributed by atoms with van der Waals surface area (Å²) >= 11 is 0. The van der Waals surface area contributed by atoms with Crippen LogP contribution in [0.1, 0.15) is 18.4 Å². The lowest BCUT2D eigenvalue weighted by atomic mass is 10.2. The summed E-state index contributed by atoms with van der Waals surface area (Å²) in [5.74, 6) is 0.475. The Morgan fingerprint density at radius 2 is 2.29 bits per heavy atom. The van der Waals surface area contributed by atoms with Gasteiger partial charge in [0.25, 0.3) is 0 Å². The molecular formula is C11H13FN2. The Morgan fingerprint density at radius 3 is 2.93 bits per heavy atom. The average Bonchev–Trinajstić information content (AvgIpc) is 2.52. The predicted molar refractivity (Wildman–Crippen MR) is 53.8 cm³/mol. The minimum absolute atomic E-state index is 0.201. The van der Waals surface area contributed by atoms with Crippen molar-refractivity contribution in [2.24, 2.45) is 0 Å². The number of nitrogens with one attached hydrogen (secondary N) is 1. The van der Waals surface area contributed by atoms with Gasteiger partial charge in [0, 0.05) is 19.5 Å². The maximum absolute atomic E-state index is 12.9. The van der Waals surface area contributed by atoms with Crippen molar-refractivity contribution >= 4 is 5.84 Å². The highest BCUT2D eigenvalue weighted by Crippen LogP contribution is 2.14. The lowest BCUT2D eigenvalue weighted by molar-refractivity contribution is 0.444. The average molecular weight is 192 g/mol. The third-order valence-corrected chi connectivity index (χ3v) is 2.49. The molecule has 1 aliphatic rings. The summed E-state index contributed by atoms with van der Waals surface area (Å²) in [4.78, 5) is 1.99. The van der Waals surface area contributed by atoms with Gasteiger partial charge < -0.3 is 4.90 Å². The van der Waals surface area contributed by atoms with E-state index in [0.29, 0.717) is 12.4 Å². The largest absolute Gasteiger partial charge is 0.356 e. The molecule has 0 aromatic heterocycles. The molecule has 0 amide bonds. The van der Waals surface area contributed by atoms with Crippen LogP contribution in [-0.4, -0.2) is 17.3 Å². The van der Waals surface area contributed by atoms with Crippen molar-refractivity contribution in [2.45, 2.75) is 19.4 Å². The van der Waals surface area contributed by atoms with Crippen LogP contribution in [-0.2, 0) is 6.54 Å². The highest BCUT2D eigenvalue weighted by atomic mass is 19.1. The molecule has 0 unspecified atom stereocenters. The summed E-state index contributed by atoms with van der Waals surface area (Å²) < 4.78 is 12.9. The van der Waals surface area contributed by atoms with Gasteiger partial charge >= 0.3 is 0 Å². The smallest absolute Gasteiger partial charge is 0.123 e. The van der Waals surface area contributed by atoms with Crippen LogP contribution in [0.15, 0.2) is 24.3 Å². The number of nitrogens with zero attached hydrogens (tertiary/aromatic N) is 1. The first kappa shape index (κ1) is 9.19. The Balaban J connectivity index is 2.07. The highest BCUT2D eigenvalue weighted by Gasteiger charge is 2.16. The van der Waals surface area contributed by atoms with Crippen molar-refractivity contribution in [3.8, 4) is 0 Å². The van der Waals surface area contributed by atoms with E-state index in [1.165, 1.54) is 12.1 Å². The van der Waals surface area contributed by atoms with E-state index < -0.39 is 0 Å². The number of benzene rings is 1. The number of likely N-dealkylation sites (tertiary alicyclic amines) is 1. The fourth-order valence-electron chi connectivity index (χ4n) is 1.76. The van der Waals surface area contributed by atoms with Gasteiger partial charge in [-0.1, -0.05) is 12.1 Å². The summed E-state index contributed by atoms with van der Waals surface area (Å²) in [5.41, 5.74) is 0.941. The second-order valence-corrected chi connectivity index (χ2v) is 3.60. The molecule has 0 atom stereocenters. The molecule has 0 saturated carbocycles. The highest BCUT2D eigenvalue weighted by molar-refractivity contribution is 5.80. The zero-order valence-electron chi connectivity index (χ0n) is 7.96. The lowest BCUT2D eigenvalue weighted by Gasteiger charge is -2.17. The summed E-state index contributed by atoms with van der Waals surface area (Å²) in [5, 5.41) is 7.64. The fourth-order valence-corrected chi connectivity index (χ4v) is 1.76. The Labute approximate surface area is 82.9 Å². The molecule has 0 radical (unpaired) electrons. The van der Waals surface area contributed by atoms with Crippen LogP contribution in [0.25, 0.3) is 0 Å². The van der Waals surface area contributed by atoms with Gasteiger partial charge in [0.2, 0.25) is 0 Å². The van der Waals surface area contributed by atoms with Gasteiger partial charge in [-0.25, -0.2) is 4.39 Å². The van der Waals surface area contributed by atoms with E-state index in [1.807, 2.05) is 11.0 Å². The fraction of sp³-hybridized carbons (Fsp3) is 0.364. The summed E-state index contributed by atoms with van der Waals surface area (Å²) in [6.07, 6.45) is 1.91. The molecule has 74 valence electrons. The molecule has 3 heteroatoms. The first-order valence-electron chi connectivity index (χ1n) is 4.82. The zero-order valence-corrected chi connectivity index (χ0v) is 7.96. The van der Waals surface area contributed by atoms with Crippen molar-refractivity contribution in [1.82, 2.24) is 4.90 Å². The first-order valence-corrected chi connectivity index (χ1v) is 4.82. The minimum Gasteiger partial charge on any atom is -0.356 e. The third-order valence-electron chi connectivity index (χ3n) is 2.49. The Morgan fingerprint density at radius 1 is 1.43 bits per heavy atom. The third kappa shape index (κ3) is 1.92. The van der Waals surface area contributed by atoms with Gasteiger partial charge in [-0.15, -0.1) is 0 Å². The number of rotatable bonds is 2. The molecule has 1 saturated heterocycles. The lowest BCUT2D eigenvalue weighted by Crippen LogP contribution is -2.23. The molecule has 1 aliphatic heterocycles. The number of amidine groups is 1. The minimum atomic E-state index is -0.201. The van der Waals surface area contributed by atoms with Crippen molar-refractivity contribution in [1.29, 1.82) is 5.41 Å². The first-order chi connectivity index (χ1) is 6.75. The molecule has 0 aliphatic carbocycles. The Hall–Kier alpha value is -1.38. The van der Waals surface area contributed by atoms with Crippen molar-refractivity contribution in [3.05, 3.63) is 35.6 Å². The second-order valence-electron chi connectivity index (χ2n) is 3.60. The molecule has 0 bridgehead atoms. The van der Waals surface area contributed by atoms with Crippen LogP contribution in [0.5, 0.6) is 0 Å². The number of hydrogen-bond acceptors (Lipinski definition) is 1. The maximum atomic E-state index is 12.9. The van der Waals surface area contributed by atoms with Crippen LogP contribution >= 0.6 is 0 Å². The van der Waals surface area contributed by atoms with Crippen LogP contribution in [0.4, 0.5) is 4.39 Å². The summed E-state index contributed by atoms with van der Waals surface area (Å²) in [6.45, 7) is 1.59. The van der Waals surface area contributed by atoms with E-state index in [-0.39, 0.29) is 5.82 Å². The number of hydrogen-bond donors (Lipinski definition) is 1. The Kier molecular flexibility index (Phi) is 2.48. The van der Waals surface area contributed by atoms with Crippen LogP contribution in [0, 0.1) is 11.2 Å². The molecule has 2 nitrogen and oxygen atoms in total. The standard InChI is InChI=1S/C11H13FN2/c12-10-4-1-3-9(7-10)8-14-6-2-5-11(14)13/h1,3-4,7,13H,2,5-6,8H2. The molecule has 1 aromatic rings. The van der Waals surface area contributed by atoms with E-state index in [0.717, 1.165) is 24.9 Å². The van der Waals surface area contributed by atoms with E-state index in [1.54, 1.807) is 6.07 Å². The van der Waals surface area contributed by atoms with Crippen LogP contribution < -0.4 is 0 Å². The normalized spacial score (nSPS) is 16.4. The van der Waals surface area contributed by atoms with Gasteiger partial charge in [0.15, 0.2) is 0 Å². The molecule has 1 aromatic carbocycles. The van der Waals surface area contributed by atoms with E-state index in [4.69, 9.17) is 5.41 Å². The SMILES string of the molecule is N=C1CCCN1Cc1cccc(F)c1. The zero-order chi connectivity index (χ0) is 9.97. The van der Waals surface area contributed by atoms with Crippen LogP contribution in [0.3, 0.4) is 0 Å². The van der Waals surface area contributed by atoms with Crippen molar-refractivity contribution < 1.29 is 4.39 Å². The molecule has 1 N–H and O–H groups in total. The topological polar surface area (TPSA) is 27.1 Å².